The van der Waals surface area contributed by atoms with Crippen molar-refractivity contribution in [1.29, 1.82) is 0 Å². The topological polar surface area (TPSA) is 52.4 Å². The summed E-state index contributed by atoms with van der Waals surface area (Å²) in [5.41, 5.74) is 9.79. The highest BCUT2D eigenvalue weighted by Crippen LogP contribution is 2.32. The second kappa shape index (κ2) is 35.9. The molecule has 0 fully saturated rings. The Bertz CT molecular complexity index is 3400. The summed E-state index contributed by atoms with van der Waals surface area (Å²) in [4.78, 5) is 9.85. The van der Waals surface area contributed by atoms with E-state index in [1.807, 2.05) is 80.6 Å². The van der Waals surface area contributed by atoms with E-state index in [4.69, 9.17) is 16.3 Å². The Morgan fingerprint density at radius 2 is 0.750 bits per heavy atom. The number of hydrogen-bond donors (Lipinski definition) is 0. The number of ether oxygens (including phenoxy) is 1. The molecule has 0 saturated carbocycles. The van der Waals surface area contributed by atoms with E-state index in [1.165, 1.54) is 71.1 Å². The van der Waals surface area contributed by atoms with Crippen LogP contribution in [0.2, 0.25) is 5.02 Å². The lowest BCUT2D eigenvalue weighted by atomic mass is 10.0. The summed E-state index contributed by atoms with van der Waals surface area (Å²) in [6.45, 7) is 18.0. The third-order valence-corrected chi connectivity index (χ3v) is 13.0. The van der Waals surface area contributed by atoms with Gasteiger partial charge in [0.1, 0.15) is 40.6 Å². The lowest BCUT2D eigenvalue weighted by Crippen LogP contribution is -2.08. The van der Waals surface area contributed by atoms with E-state index in [0.717, 1.165) is 53.3 Å². The second-order valence-electron chi connectivity index (χ2n) is 18.8. The van der Waals surface area contributed by atoms with E-state index in [2.05, 4.69) is 93.6 Å². The van der Waals surface area contributed by atoms with Crippen LogP contribution in [0.1, 0.15) is 61.2 Å². The van der Waals surface area contributed by atoms with Gasteiger partial charge in [0.25, 0.3) is 5.69 Å². The number of hydrogen-bond acceptors (Lipinski definition) is 3. The molecule has 0 N–H and O–H groups in total. The fourth-order valence-corrected chi connectivity index (χ4v) is 7.19. The standard InChI is InChI=1S/C13H12O.C13H12.C8H6F4.C8H9F.C8H10.C7H6ClF.C7H6F2.C7H7NO2/c1-11-7-5-6-10-13(11)14-12-8-3-2-4-9-12;1-11-7-5-6-10-13(11)12-8-3-2-4-9-12;1-5-6(8(10,11)12)3-2-4-7(5)9;1-6-4-3-5-8(9)7(6)2;1-7-5-3-4-6-8(7)2;2*1-5-6(8)3-2-4-7(5)9;1-6-4-2-3-5-7(6)8(9)10/h2-10H,1H3;2-10H,1H3;2-4H,1H3;3-5H,1-2H3;3-6H,1-2H3;2*2-4H,1H3;2-5H,1H3. The molecule has 0 heterocycles. The number of alkyl halides is 3. The fourth-order valence-electron chi connectivity index (χ4n) is 7.02. The Balaban J connectivity index is 0.000000253. The molecule has 0 unspecified atom stereocenters. The number of nitro benzene ring substituents is 1. The molecule has 0 aliphatic heterocycles. The van der Waals surface area contributed by atoms with Crippen LogP contribution in [0.25, 0.3) is 11.1 Å². The van der Waals surface area contributed by atoms with Gasteiger partial charge in [0.05, 0.1) is 10.5 Å². The van der Waals surface area contributed by atoms with Crippen molar-refractivity contribution in [2.75, 3.05) is 0 Å². The summed E-state index contributed by atoms with van der Waals surface area (Å²) in [7, 11) is 0. The quantitative estimate of drug-likeness (QED) is 0.100. The van der Waals surface area contributed by atoms with Crippen LogP contribution in [0.4, 0.5) is 40.8 Å². The summed E-state index contributed by atoms with van der Waals surface area (Å²) >= 11 is 5.57. The molecule has 0 saturated heterocycles. The van der Waals surface area contributed by atoms with Gasteiger partial charge in [-0.2, -0.15) is 13.2 Å². The minimum absolute atomic E-state index is 0.0810. The Labute approximate surface area is 493 Å². The maximum absolute atomic E-state index is 12.6. The molecule has 4 nitrogen and oxygen atoms in total. The van der Waals surface area contributed by atoms with E-state index in [9.17, 15) is 45.2 Å². The third kappa shape index (κ3) is 24.3. The number of nitrogens with zero attached hydrogens (tertiary/aromatic N) is 1. The van der Waals surface area contributed by atoms with Crippen LogP contribution in [-0.2, 0) is 6.18 Å². The molecule has 0 spiro atoms. The van der Waals surface area contributed by atoms with Gasteiger partial charge in [-0.3, -0.25) is 10.1 Å². The van der Waals surface area contributed by atoms with Gasteiger partial charge in [-0.15, -0.1) is 0 Å². The van der Waals surface area contributed by atoms with Gasteiger partial charge in [0, 0.05) is 27.8 Å². The van der Waals surface area contributed by atoms with E-state index in [0.29, 0.717) is 16.1 Å². The highest BCUT2D eigenvalue weighted by atomic mass is 35.5. The Hall–Kier alpha value is -8.87. The number of para-hydroxylation sites is 3. The average Bonchev–Trinajstić information content (AvgIpc) is 3.66. The van der Waals surface area contributed by atoms with Crippen molar-refractivity contribution in [2.24, 2.45) is 0 Å². The van der Waals surface area contributed by atoms with Gasteiger partial charge in [-0.05, 0) is 180 Å². The summed E-state index contributed by atoms with van der Waals surface area (Å²) in [5.74, 6) is -0.382. The van der Waals surface area contributed by atoms with E-state index >= 15 is 0 Å². The summed E-state index contributed by atoms with van der Waals surface area (Å²) in [6, 6.07) is 68.2. The summed E-state index contributed by atoms with van der Waals surface area (Å²) < 4.78 is 104. The molecule has 0 aromatic heterocycles. The van der Waals surface area contributed by atoms with Crippen LogP contribution in [0.15, 0.2) is 231 Å². The zero-order chi connectivity index (χ0) is 62.4. The van der Waals surface area contributed by atoms with Gasteiger partial charge >= 0.3 is 6.18 Å². The molecule has 10 aromatic rings. The molecule has 13 heteroatoms. The highest BCUT2D eigenvalue weighted by Gasteiger charge is 2.33. The van der Waals surface area contributed by atoms with Crippen molar-refractivity contribution in [2.45, 2.75) is 75.4 Å². The summed E-state index contributed by atoms with van der Waals surface area (Å²) in [6.07, 6.45) is -4.47. The molecule has 10 rings (SSSR count). The predicted octanol–water partition coefficient (Wildman–Crippen LogP) is 22.3. The van der Waals surface area contributed by atoms with Gasteiger partial charge < -0.3 is 4.74 Å². The molecule has 0 aliphatic rings. The zero-order valence-corrected chi connectivity index (χ0v) is 49.3. The molecule has 0 atom stereocenters. The van der Waals surface area contributed by atoms with E-state index < -0.39 is 29.2 Å². The Kier molecular flexibility index (Phi) is 29.6. The predicted molar refractivity (Wildman–Crippen MR) is 327 cm³/mol. The van der Waals surface area contributed by atoms with Crippen LogP contribution in [0, 0.1) is 108 Å². The van der Waals surface area contributed by atoms with Crippen molar-refractivity contribution in [3.63, 3.8) is 0 Å². The van der Waals surface area contributed by atoms with E-state index in [-0.39, 0.29) is 33.4 Å². The van der Waals surface area contributed by atoms with Crippen LogP contribution in [0.3, 0.4) is 0 Å². The number of benzene rings is 10. The van der Waals surface area contributed by atoms with Crippen molar-refractivity contribution in [3.8, 4) is 22.6 Å². The first kappa shape index (κ1) is 69.4. The SMILES string of the molecule is Cc1c(F)cccc1C(F)(F)F.Cc1c(F)cccc1Cl.Cc1c(F)cccc1F.Cc1cccc(F)c1C.Cc1ccccc1-c1ccccc1.Cc1ccccc1C.Cc1ccccc1Oc1ccccc1.Cc1ccccc1[N+](=O)[O-]. The molecule has 10 aromatic carbocycles. The number of aryl methyl sites for hydroxylation is 6. The first-order valence-corrected chi connectivity index (χ1v) is 26.7. The van der Waals surface area contributed by atoms with Gasteiger partial charge in [-0.25, -0.2) is 22.0 Å². The van der Waals surface area contributed by atoms with Gasteiger partial charge in [0.15, 0.2) is 0 Å². The molecule has 0 amide bonds. The minimum atomic E-state index is -4.47. The van der Waals surface area contributed by atoms with Crippen molar-refractivity contribution >= 4 is 17.3 Å². The maximum Gasteiger partial charge on any atom is 0.416 e. The van der Waals surface area contributed by atoms with Crippen LogP contribution in [-0.4, -0.2) is 4.92 Å². The van der Waals surface area contributed by atoms with Crippen LogP contribution >= 0.6 is 11.6 Å². The molecule has 0 radical (unpaired) electrons. The third-order valence-electron chi connectivity index (χ3n) is 12.5. The Morgan fingerprint density at radius 1 is 0.369 bits per heavy atom. The fraction of sp³-hybridized carbons (Fsp3) is 0.155. The largest absolute Gasteiger partial charge is 0.457 e. The molecular weight excluding hydrogens is 1100 g/mol. The minimum Gasteiger partial charge on any atom is -0.457 e. The van der Waals surface area contributed by atoms with Gasteiger partial charge in [0.2, 0.25) is 0 Å². The number of rotatable bonds is 4. The van der Waals surface area contributed by atoms with Crippen molar-refractivity contribution in [1.82, 2.24) is 0 Å². The van der Waals surface area contributed by atoms with Crippen LogP contribution < -0.4 is 4.74 Å². The first-order valence-electron chi connectivity index (χ1n) is 26.3. The Morgan fingerprint density at radius 3 is 1.15 bits per heavy atom. The molecule has 0 aliphatic carbocycles. The normalized spacial score (nSPS) is 9.94. The van der Waals surface area contributed by atoms with E-state index in [1.54, 1.807) is 57.2 Å². The molecule has 438 valence electrons. The lowest BCUT2D eigenvalue weighted by Gasteiger charge is -2.09. The van der Waals surface area contributed by atoms with Gasteiger partial charge in [-0.1, -0.05) is 175 Å². The molecular formula is C71H68ClF8NO3. The zero-order valence-electron chi connectivity index (χ0n) is 48.5. The number of nitro groups is 1. The molecule has 84 heavy (non-hydrogen) atoms. The van der Waals surface area contributed by atoms with Crippen molar-refractivity contribution in [3.05, 3.63) is 336 Å². The van der Waals surface area contributed by atoms with Crippen molar-refractivity contribution < 1.29 is 44.8 Å². The lowest BCUT2D eigenvalue weighted by molar-refractivity contribution is -0.385. The number of halogens is 9. The average molecular weight is 1170 g/mol. The highest BCUT2D eigenvalue weighted by molar-refractivity contribution is 6.31. The second-order valence-corrected chi connectivity index (χ2v) is 19.2. The first-order chi connectivity index (χ1) is 39.8. The maximum atomic E-state index is 12.6. The smallest absolute Gasteiger partial charge is 0.416 e. The van der Waals surface area contributed by atoms with Crippen LogP contribution in [0.5, 0.6) is 11.5 Å². The molecule has 0 bridgehead atoms. The monoisotopic (exact) mass is 1170 g/mol. The summed E-state index contributed by atoms with van der Waals surface area (Å²) in [5, 5.41) is 10.7.